The summed E-state index contributed by atoms with van der Waals surface area (Å²) in [4.78, 5) is 35.1. The SMILES string of the molecule is CCOc1ccccc1OCCCC(=O)OCC(=O)Nc1cccc(C(C)=O)c1. The normalized spacial score (nSPS) is 10.1. The third-order valence-electron chi connectivity index (χ3n) is 3.85. The maximum Gasteiger partial charge on any atom is 0.306 e. The number of ketones is 1. The Balaban J connectivity index is 1.67. The first kappa shape index (κ1) is 21.9. The Hall–Kier alpha value is -3.35. The lowest BCUT2D eigenvalue weighted by atomic mass is 10.1. The van der Waals surface area contributed by atoms with Crippen molar-refractivity contribution < 1.29 is 28.6 Å². The van der Waals surface area contributed by atoms with Crippen LogP contribution in [0.4, 0.5) is 5.69 Å². The van der Waals surface area contributed by atoms with Crippen LogP contribution in [0.1, 0.15) is 37.0 Å². The highest BCUT2D eigenvalue weighted by atomic mass is 16.5. The Morgan fingerprint density at radius 1 is 0.966 bits per heavy atom. The van der Waals surface area contributed by atoms with Crippen molar-refractivity contribution in [2.75, 3.05) is 25.1 Å². The zero-order chi connectivity index (χ0) is 21.1. The second kappa shape index (κ2) is 11.5. The fourth-order valence-electron chi connectivity index (χ4n) is 2.47. The highest BCUT2D eigenvalue weighted by Crippen LogP contribution is 2.26. The van der Waals surface area contributed by atoms with E-state index in [1.165, 1.54) is 6.92 Å². The lowest BCUT2D eigenvalue weighted by Gasteiger charge is -2.11. The Labute approximate surface area is 170 Å². The fourth-order valence-corrected chi connectivity index (χ4v) is 2.47. The van der Waals surface area contributed by atoms with E-state index in [-0.39, 0.29) is 12.2 Å². The molecular weight excluding hydrogens is 374 g/mol. The van der Waals surface area contributed by atoms with E-state index in [4.69, 9.17) is 14.2 Å². The summed E-state index contributed by atoms with van der Waals surface area (Å²) in [7, 11) is 0. The molecular formula is C22H25NO6. The number of hydrogen-bond acceptors (Lipinski definition) is 6. The smallest absolute Gasteiger partial charge is 0.306 e. The van der Waals surface area contributed by atoms with Crippen molar-refractivity contribution in [2.24, 2.45) is 0 Å². The molecule has 0 fully saturated rings. The van der Waals surface area contributed by atoms with E-state index in [2.05, 4.69) is 5.32 Å². The highest BCUT2D eigenvalue weighted by Gasteiger charge is 2.10. The van der Waals surface area contributed by atoms with Crippen LogP contribution in [0.2, 0.25) is 0 Å². The van der Waals surface area contributed by atoms with Crippen molar-refractivity contribution in [2.45, 2.75) is 26.7 Å². The van der Waals surface area contributed by atoms with Crippen molar-refractivity contribution >= 4 is 23.3 Å². The largest absolute Gasteiger partial charge is 0.490 e. The third-order valence-corrected chi connectivity index (χ3v) is 3.85. The van der Waals surface area contributed by atoms with E-state index in [0.717, 1.165) is 0 Å². The standard InChI is InChI=1S/C22H25NO6/c1-3-27-19-10-4-5-11-20(19)28-13-7-12-22(26)29-15-21(25)23-18-9-6-8-17(14-18)16(2)24/h4-6,8-11,14H,3,7,12-13,15H2,1-2H3,(H,23,25). The van der Waals surface area contributed by atoms with Gasteiger partial charge in [0.2, 0.25) is 0 Å². The number of amides is 1. The molecule has 0 aliphatic carbocycles. The van der Waals surface area contributed by atoms with Crippen molar-refractivity contribution in [3.63, 3.8) is 0 Å². The number of carbonyl (C=O) groups is 3. The number of Topliss-reactive ketones (excluding diaryl/α,β-unsaturated/α-hetero) is 1. The molecule has 0 atom stereocenters. The first-order valence-corrected chi connectivity index (χ1v) is 9.40. The minimum Gasteiger partial charge on any atom is -0.490 e. The van der Waals surface area contributed by atoms with Crippen LogP contribution in [0.5, 0.6) is 11.5 Å². The lowest BCUT2D eigenvalue weighted by molar-refractivity contribution is -0.147. The van der Waals surface area contributed by atoms with Gasteiger partial charge in [-0.2, -0.15) is 0 Å². The number of para-hydroxylation sites is 2. The molecule has 0 heterocycles. The molecule has 0 aromatic heterocycles. The average Bonchev–Trinajstić information content (AvgIpc) is 2.71. The van der Waals surface area contributed by atoms with E-state index in [1.807, 2.05) is 25.1 Å². The summed E-state index contributed by atoms with van der Waals surface area (Å²) in [6.07, 6.45) is 0.575. The molecule has 2 aromatic carbocycles. The summed E-state index contributed by atoms with van der Waals surface area (Å²) in [5.74, 6) is 0.219. The minimum atomic E-state index is -0.487. The number of anilines is 1. The van der Waals surface area contributed by atoms with E-state index in [0.29, 0.717) is 42.4 Å². The van der Waals surface area contributed by atoms with Gasteiger partial charge in [0.25, 0.3) is 5.91 Å². The highest BCUT2D eigenvalue weighted by molar-refractivity contribution is 5.97. The summed E-state index contributed by atoms with van der Waals surface area (Å²) in [6, 6.07) is 13.9. The van der Waals surface area contributed by atoms with Crippen LogP contribution in [-0.2, 0) is 14.3 Å². The maximum absolute atomic E-state index is 11.9. The predicted octanol–water partition coefficient (Wildman–Crippen LogP) is 3.63. The van der Waals surface area contributed by atoms with Gasteiger partial charge in [0.15, 0.2) is 23.9 Å². The van der Waals surface area contributed by atoms with Crippen LogP contribution in [0.15, 0.2) is 48.5 Å². The van der Waals surface area contributed by atoms with Crippen molar-refractivity contribution in [1.29, 1.82) is 0 Å². The van der Waals surface area contributed by atoms with E-state index in [1.54, 1.807) is 30.3 Å². The zero-order valence-electron chi connectivity index (χ0n) is 16.6. The van der Waals surface area contributed by atoms with Crippen LogP contribution in [-0.4, -0.2) is 37.5 Å². The minimum absolute atomic E-state index is 0.0985. The average molecular weight is 399 g/mol. The predicted molar refractivity (Wildman–Crippen MR) is 108 cm³/mol. The molecule has 7 heteroatoms. The molecule has 1 N–H and O–H groups in total. The monoisotopic (exact) mass is 399 g/mol. The molecule has 0 spiro atoms. The van der Waals surface area contributed by atoms with E-state index >= 15 is 0 Å². The van der Waals surface area contributed by atoms with Gasteiger partial charge < -0.3 is 19.5 Å². The van der Waals surface area contributed by atoms with Gasteiger partial charge >= 0.3 is 5.97 Å². The van der Waals surface area contributed by atoms with Crippen molar-refractivity contribution in [3.8, 4) is 11.5 Å². The van der Waals surface area contributed by atoms with Gasteiger partial charge in [-0.1, -0.05) is 24.3 Å². The summed E-state index contributed by atoms with van der Waals surface area (Å²) < 4.78 is 16.1. The third kappa shape index (κ3) is 7.65. The van der Waals surface area contributed by atoms with Gasteiger partial charge in [-0.15, -0.1) is 0 Å². The van der Waals surface area contributed by atoms with Gasteiger partial charge in [0.1, 0.15) is 0 Å². The molecule has 0 aliphatic rings. The maximum atomic E-state index is 11.9. The van der Waals surface area contributed by atoms with Crippen LogP contribution >= 0.6 is 0 Å². The van der Waals surface area contributed by atoms with Gasteiger partial charge in [0, 0.05) is 17.7 Å². The second-order valence-electron chi connectivity index (χ2n) is 6.18. The van der Waals surface area contributed by atoms with E-state index < -0.39 is 18.5 Å². The fraction of sp³-hybridized carbons (Fsp3) is 0.318. The van der Waals surface area contributed by atoms with Crippen molar-refractivity contribution in [1.82, 2.24) is 0 Å². The number of carbonyl (C=O) groups excluding carboxylic acids is 3. The first-order valence-electron chi connectivity index (χ1n) is 9.40. The summed E-state index contributed by atoms with van der Waals surface area (Å²) in [5.41, 5.74) is 0.964. The number of nitrogens with one attached hydrogen (secondary N) is 1. The van der Waals surface area contributed by atoms with Crippen molar-refractivity contribution in [3.05, 3.63) is 54.1 Å². The molecule has 29 heavy (non-hydrogen) atoms. The van der Waals surface area contributed by atoms with Crippen LogP contribution in [0, 0.1) is 0 Å². The Morgan fingerprint density at radius 2 is 1.69 bits per heavy atom. The molecule has 0 saturated carbocycles. The zero-order valence-corrected chi connectivity index (χ0v) is 16.6. The number of hydrogen-bond donors (Lipinski definition) is 1. The molecule has 0 bridgehead atoms. The van der Waals surface area contributed by atoms with Gasteiger partial charge in [-0.05, 0) is 44.5 Å². The lowest BCUT2D eigenvalue weighted by Crippen LogP contribution is -2.21. The molecule has 0 saturated heterocycles. The number of rotatable bonds is 11. The van der Waals surface area contributed by atoms with Crippen LogP contribution in [0.3, 0.4) is 0 Å². The van der Waals surface area contributed by atoms with E-state index in [9.17, 15) is 14.4 Å². The van der Waals surface area contributed by atoms with Crippen LogP contribution in [0.25, 0.3) is 0 Å². The molecule has 1 amide bonds. The molecule has 0 aliphatic heterocycles. The molecule has 7 nitrogen and oxygen atoms in total. The number of esters is 1. The molecule has 0 unspecified atom stereocenters. The van der Waals surface area contributed by atoms with Gasteiger partial charge in [0.05, 0.1) is 13.2 Å². The Bertz CT molecular complexity index is 849. The number of benzene rings is 2. The Kier molecular flexibility index (Phi) is 8.69. The molecule has 0 radical (unpaired) electrons. The molecule has 154 valence electrons. The second-order valence-corrected chi connectivity index (χ2v) is 6.18. The molecule has 2 rings (SSSR count). The quantitative estimate of drug-likeness (QED) is 0.352. The van der Waals surface area contributed by atoms with Crippen LogP contribution < -0.4 is 14.8 Å². The summed E-state index contributed by atoms with van der Waals surface area (Å²) in [6.45, 7) is 3.80. The summed E-state index contributed by atoms with van der Waals surface area (Å²) >= 11 is 0. The van der Waals surface area contributed by atoms with Gasteiger partial charge in [-0.3, -0.25) is 14.4 Å². The first-order chi connectivity index (χ1) is 14.0. The topological polar surface area (TPSA) is 90.9 Å². The number of ether oxygens (including phenoxy) is 3. The summed E-state index contributed by atoms with van der Waals surface area (Å²) in [5, 5.41) is 2.59. The Morgan fingerprint density at radius 3 is 2.38 bits per heavy atom. The molecule has 2 aromatic rings. The van der Waals surface area contributed by atoms with Gasteiger partial charge in [-0.25, -0.2) is 0 Å².